The Morgan fingerprint density at radius 3 is 2.43 bits per heavy atom. The lowest BCUT2D eigenvalue weighted by Gasteiger charge is -2.19. The van der Waals surface area contributed by atoms with Crippen molar-refractivity contribution in [2.75, 3.05) is 19.8 Å². The van der Waals surface area contributed by atoms with Gasteiger partial charge in [0.25, 0.3) is 0 Å². The summed E-state index contributed by atoms with van der Waals surface area (Å²) in [6.45, 7) is 14.1. The lowest BCUT2D eigenvalue weighted by Crippen LogP contribution is -2.14. The molecule has 0 aliphatic rings. The fourth-order valence-corrected chi connectivity index (χ4v) is 1.93. The Labute approximate surface area is 130 Å². The molecular weight excluding hydrogens is 262 g/mol. The molecule has 0 radical (unpaired) electrons. The molecule has 1 N–H and O–H groups in total. The average molecular weight is 293 g/mol. The van der Waals surface area contributed by atoms with Gasteiger partial charge in [-0.3, -0.25) is 0 Å². The molecule has 0 fully saturated rings. The Balaban J connectivity index is 2.65. The van der Waals surface area contributed by atoms with Crippen LogP contribution in [0.4, 0.5) is 0 Å². The summed E-state index contributed by atoms with van der Waals surface area (Å²) in [4.78, 5) is 0. The summed E-state index contributed by atoms with van der Waals surface area (Å²) in [6.07, 6.45) is 2.17. The highest BCUT2D eigenvalue weighted by Gasteiger charge is 2.12. The van der Waals surface area contributed by atoms with Crippen molar-refractivity contribution in [1.29, 1.82) is 0 Å². The molecule has 0 saturated carbocycles. The fourth-order valence-electron chi connectivity index (χ4n) is 1.93. The highest BCUT2D eigenvalue weighted by molar-refractivity contribution is 5.43. The number of hydrogen-bond donors (Lipinski definition) is 1. The van der Waals surface area contributed by atoms with Crippen molar-refractivity contribution in [2.24, 2.45) is 5.41 Å². The molecule has 21 heavy (non-hydrogen) atoms. The van der Waals surface area contributed by atoms with E-state index in [0.29, 0.717) is 6.61 Å². The van der Waals surface area contributed by atoms with Crippen LogP contribution >= 0.6 is 0 Å². The largest absolute Gasteiger partial charge is 0.490 e. The van der Waals surface area contributed by atoms with E-state index in [-0.39, 0.29) is 5.41 Å². The van der Waals surface area contributed by atoms with Crippen molar-refractivity contribution in [3.05, 3.63) is 23.8 Å². The number of hydrogen-bond acceptors (Lipinski definition) is 3. The molecule has 0 bridgehead atoms. The first-order chi connectivity index (χ1) is 9.96. The zero-order valence-corrected chi connectivity index (χ0v) is 14.3. The van der Waals surface area contributed by atoms with Gasteiger partial charge < -0.3 is 14.8 Å². The summed E-state index contributed by atoms with van der Waals surface area (Å²) in [5.41, 5.74) is 1.52. The summed E-state index contributed by atoms with van der Waals surface area (Å²) in [5, 5.41) is 3.41. The average Bonchev–Trinajstić information content (AvgIpc) is 2.40. The normalized spacial score (nSPS) is 11.5. The third kappa shape index (κ3) is 7.37. The molecule has 0 amide bonds. The van der Waals surface area contributed by atoms with Gasteiger partial charge in [-0.2, -0.15) is 0 Å². The first-order valence-corrected chi connectivity index (χ1v) is 8.05. The molecule has 1 aromatic rings. The zero-order chi connectivity index (χ0) is 15.7. The molecule has 1 rings (SSSR count). The number of ether oxygens (including phenoxy) is 2. The van der Waals surface area contributed by atoms with Crippen molar-refractivity contribution in [3.8, 4) is 11.5 Å². The number of benzene rings is 1. The van der Waals surface area contributed by atoms with Gasteiger partial charge >= 0.3 is 0 Å². The summed E-state index contributed by atoms with van der Waals surface area (Å²) in [6, 6.07) is 6.22. The second kappa shape index (κ2) is 8.93. The van der Waals surface area contributed by atoms with E-state index >= 15 is 0 Å². The van der Waals surface area contributed by atoms with E-state index in [1.165, 1.54) is 5.56 Å². The van der Waals surface area contributed by atoms with Crippen LogP contribution in [-0.2, 0) is 6.54 Å². The van der Waals surface area contributed by atoms with Crippen molar-refractivity contribution in [1.82, 2.24) is 5.32 Å². The van der Waals surface area contributed by atoms with Crippen molar-refractivity contribution < 1.29 is 9.47 Å². The molecule has 3 heteroatoms. The predicted molar refractivity (Wildman–Crippen MR) is 89.2 cm³/mol. The van der Waals surface area contributed by atoms with Crippen molar-refractivity contribution in [2.45, 2.75) is 54.0 Å². The van der Waals surface area contributed by atoms with Crippen LogP contribution in [0.25, 0.3) is 0 Å². The molecule has 120 valence electrons. The highest BCUT2D eigenvalue weighted by atomic mass is 16.5. The van der Waals surface area contributed by atoms with E-state index in [1.807, 2.05) is 13.0 Å². The Bertz CT molecular complexity index is 410. The summed E-state index contributed by atoms with van der Waals surface area (Å²) < 4.78 is 11.6. The van der Waals surface area contributed by atoms with Crippen LogP contribution in [0.2, 0.25) is 0 Å². The van der Waals surface area contributed by atoms with E-state index in [9.17, 15) is 0 Å². The van der Waals surface area contributed by atoms with Crippen LogP contribution < -0.4 is 14.8 Å². The quantitative estimate of drug-likeness (QED) is 0.685. The molecule has 0 atom stereocenters. The first kappa shape index (κ1) is 17.8. The topological polar surface area (TPSA) is 30.5 Å². The van der Waals surface area contributed by atoms with Crippen LogP contribution in [0.3, 0.4) is 0 Å². The van der Waals surface area contributed by atoms with Gasteiger partial charge in [-0.1, -0.05) is 33.8 Å². The first-order valence-electron chi connectivity index (χ1n) is 8.05. The maximum Gasteiger partial charge on any atom is 0.161 e. The minimum absolute atomic E-state index is 0.287. The van der Waals surface area contributed by atoms with E-state index in [0.717, 1.165) is 44.0 Å². The van der Waals surface area contributed by atoms with Gasteiger partial charge in [0.15, 0.2) is 11.5 Å². The third-order valence-electron chi connectivity index (χ3n) is 3.17. The third-order valence-corrected chi connectivity index (χ3v) is 3.17. The van der Waals surface area contributed by atoms with Gasteiger partial charge in [-0.05, 0) is 49.4 Å². The molecule has 0 aromatic heterocycles. The molecule has 0 unspecified atom stereocenters. The Kier molecular flexibility index (Phi) is 7.58. The SMILES string of the molecule is CCCNCc1ccc(OCCC(C)(C)C)c(OCC)c1. The maximum atomic E-state index is 5.90. The smallest absolute Gasteiger partial charge is 0.161 e. The summed E-state index contributed by atoms with van der Waals surface area (Å²) in [5.74, 6) is 1.70. The van der Waals surface area contributed by atoms with E-state index < -0.39 is 0 Å². The maximum absolute atomic E-state index is 5.90. The molecular formula is C18H31NO2. The highest BCUT2D eigenvalue weighted by Crippen LogP contribution is 2.29. The van der Waals surface area contributed by atoms with Gasteiger partial charge in [-0.25, -0.2) is 0 Å². The zero-order valence-electron chi connectivity index (χ0n) is 14.3. The minimum Gasteiger partial charge on any atom is -0.490 e. The van der Waals surface area contributed by atoms with Crippen LogP contribution in [0.15, 0.2) is 18.2 Å². The van der Waals surface area contributed by atoms with Gasteiger partial charge in [-0.15, -0.1) is 0 Å². The second-order valence-corrected chi connectivity index (χ2v) is 6.55. The van der Waals surface area contributed by atoms with Crippen LogP contribution in [-0.4, -0.2) is 19.8 Å². The molecule has 0 heterocycles. The van der Waals surface area contributed by atoms with E-state index in [2.05, 4.69) is 45.1 Å². The molecule has 1 aromatic carbocycles. The molecule has 0 aliphatic heterocycles. The number of rotatable bonds is 9. The van der Waals surface area contributed by atoms with Crippen molar-refractivity contribution >= 4 is 0 Å². The van der Waals surface area contributed by atoms with Gasteiger partial charge in [0, 0.05) is 6.54 Å². The van der Waals surface area contributed by atoms with E-state index in [4.69, 9.17) is 9.47 Å². The van der Waals surface area contributed by atoms with Gasteiger partial charge in [0.05, 0.1) is 13.2 Å². The molecule has 0 aliphatic carbocycles. The summed E-state index contributed by atoms with van der Waals surface area (Å²) >= 11 is 0. The molecule has 0 saturated heterocycles. The number of nitrogens with one attached hydrogen (secondary N) is 1. The molecule has 3 nitrogen and oxygen atoms in total. The van der Waals surface area contributed by atoms with E-state index in [1.54, 1.807) is 0 Å². The van der Waals surface area contributed by atoms with Crippen LogP contribution in [0.1, 0.15) is 53.0 Å². The fraction of sp³-hybridized carbons (Fsp3) is 0.667. The lowest BCUT2D eigenvalue weighted by molar-refractivity contribution is 0.229. The van der Waals surface area contributed by atoms with Gasteiger partial charge in [0.2, 0.25) is 0 Å². The lowest BCUT2D eigenvalue weighted by atomic mass is 9.93. The minimum atomic E-state index is 0.287. The predicted octanol–water partition coefficient (Wildman–Crippen LogP) is 4.40. The Hall–Kier alpha value is -1.22. The Morgan fingerprint density at radius 2 is 1.81 bits per heavy atom. The summed E-state index contributed by atoms with van der Waals surface area (Å²) in [7, 11) is 0. The van der Waals surface area contributed by atoms with Crippen molar-refractivity contribution in [3.63, 3.8) is 0 Å². The monoisotopic (exact) mass is 293 g/mol. The van der Waals surface area contributed by atoms with Crippen LogP contribution in [0.5, 0.6) is 11.5 Å². The standard InChI is InChI=1S/C18H31NO2/c1-6-11-19-14-15-8-9-16(17(13-15)20-7-2)21-12-10-18(3,4)5/h8-9,13,19H,6-7,10-12,14H2,1-5H3. The molecule has 0 spiro atoms. The Morgan fingerprint density at radius 1 is 1.05 bits per heavy atom. The van der Waals surface area contributed by atoms with Crippen LogP contribution in [0, 0.1) is 5.41 Å². The van der Waals surface area contributed by atoms with Gasteiger partial charge in [0.1, 0.15) is 0 Å². The second-order valence-electron chi connectivity index (χ2n) is 6.55.